The van der Waals surface area contributed by atoms with Crippen LogP contribution in [0.15, 0.2) is 36.2 Å². The molecule has 2 amide bonds. The molecule has 0 bridgehead atoms. The molecule has 190 valence electrons. The monoisotopic (exact) mass is 478 g/mol. The lowest BCUT2D eigenvalue weighted by molar-refractivity contribution is -0.117. The molecule has 6 nitrogen and oxygen atoms in total. The summed E-state index contributed by atoms with van der Waals surface area (Å²) in [4.78, 5) is 25.5. The second-order valence-corrected chi connectivity index (χ2v) is 11.6. The minimum Gasteiger partial charge on any atom is -0.393 e. The number of anilines is 2. The average molecular weight is 479 g/mol. The lowest BCUT2D eigenvalue weighted by Crippen LogP contribution is -2.35. The SMILES string of the molecule is Cc1cc(C(=O)Nc2cc(C(C)(C)C)cc(C)c2C)cc(N/C=C(\N)C(=O)NCC(C)(C)C)c1C. The third-order valence-corrected chi connectivity index (χ3v) is 6.14. The van der Waals surface area contributed by atoms with E-state index < -0.39 is 0 Å². The van der Waals surface area contributed by atoms with Crippen LogP contribution in [0.3, 0.4) is 0 Å². The Morgan fingerprint density at radius 2 is 1.43 bits per heavy atom. The number of nitrogens with two attached hydrogens (primary N) is 1. The van der Waals surface area contributed by atoms with Crippen LogP contribution in [0.25, 0.3) is 0 Å². The lowest BCUT2D eigenvalue weighted by atomic mass is 9.85. The van der Waals surface area contributed by atoms with E-state index in [-0.39, 0.29) is 28.3 Å². The number of benzene rings is 2. The highest BCUT2D eigenvalue weighted by Gasteiger charge is 2.19. The van der Waals surface area contributed by atoms with Gasteiger partial charge < -0.3 is 21.7 Å². The molecule has 2 aromatic carbocycles. The van der Waals surface area contributed by atoms with Crippen molar-refractivity contribution >= 4 is 23.2 Å². The number of carbonyl (C=O) groups excluding carboxylic acids is 2. The summed E-state index contributed by atoms with van der Waals surface area (Å²) in [6.45, 7) is 21.1. The number of nitrogens with one attached hydrogen (secondary N) is 3. The highest BCUT2D eigenvalue weighted by atomic mass is 16.2. The van der Waals surface area contributed by atoms with E-state index in [2.05, 4.69) is 55.8 Å². The van der Waals surface area contributed by atoms with E-state index in [1.807, 2.05) is 47.6 Å². The maximum absolute atomic E-state index is 13.2. The van der Waals surface area contributed by atoms with E-state index in [9.17, 15) is 9.59 Å². The first-order chi connectivity index (χ1) is 16.0. The molecule has 0 saturated carbocycles. The predicted octanol–water partition coefficient (Wildman–Crippen LogP) is 5.84. The first-order valence-electron chi connectivity index (χ1n) is 12.0. The minimum absolute atomic E-state index is 0.0269. The molecule has 0 aliphatic heterocycles. The normalized spacial score (nSPS) is 12.3. The van der Waals surface area contributed by atoms with Crippen molar-refractivity contribution in [2.45, 2.75) is 74.7 Å². The van der Waals surface area contributed by atoms with Gasteiger partial charge in [0.25, 0.3) is 11.8 Å². The number of hydrogen-bond donors (Lipinski definition) is 4. The molecule has 0 saturated heterocycles. The van der Waals surface area contributed by atoms with Crippen LogP contribution < -0.4 is 21.7 Å². The second kappa shape index (κ2) is 10.5. The molecule has 0 radical (unpaired) electrons. The Morgan fingerprint density at radius 3 is 2.00 bits per heavy atom. The topological polar surface area (TPSA) is 96.2 Å². The van der Waals surface area contributed by atoms with E-state index in [4.69, 9.17) is 5.73 Å². The number of rotatable bonds is 6. The van der Waals surface area contributed by atoms with Gasteiger partial charge in [-0.05, 0) is 84.5 Å². The highest BCUT2D eigenvalue weighted by molar-refractivity contribution is 6.05. The van der Waals surface area contributed by atoms with Gasteiger partial charge in [0.15, 0.2) is 0 Å². The number of amides is 2. The summed E-state index contributed by atoms with van der Waals surface area (Å²) in [6.07, 6.45) is 1.47. The second-order valence-electron chi connectivity index (χ2n) is 11.6. The van der Waals surface area contributed by atoms with Gasteiger partial charge >= 0.3 is 0 Å². The van der Waals surface area contributed by atoms with Crippen molar-refractivity contribution in [2.75, 3.05) is 17.2 Å². The number of carbonyl (C=O) groups is 2. The molecule has 2 aromatic rings. The Hall–Kier alpha value is -3.28. The molecule has 6 heteroatoms. The van der Waals surface area contributed by atoms with Gasteiger partial charge in [-0.1, -0.05) is 47.6 Å². The van der Waals surface area contributed by atoms with Crippen LogP contribution in [0.4, 0.5) is 11.4 Å². The fourth-order valence-corrected chi connectivity index (χ4v) is 3.43. The van der Waals surface area contributed by atoms with Crippen molar-refractivity contribution in [3.05, 3.63) is 69.5 Å². The smallest absolute Gasteiger partial charge is 0.268 e. The molecule has 0 unspecified atom stereocenters. The van der Waals surface area contributed by atoms with Crippen LogP contribution in [0.5, 0.6) is 0 Å². The molecule has 0 fully saturated rings. The van der Waals surface area contributed by atoms with E-state index in [1.54, 1.807) is 6.07 Å². The summed E-state index contributed by atoms with van der Waals surface area (Å²) in [5, 5.41) is 9.04. The van der Waals surface area contributed by atoms with Crippen molar-refractivity contribution in [1.82, 2.24) is 5.32 Å². The Balaban J connectivity index is 2.28. The van der Waals surface area contributed by atoms with Crippen LogP contribution >= 0.6 is 0 Å². The van der Waals surface area contributed by atoms with E-state index >= 15 is 0 Å². The van der Waals surface area contributed by atoms with Crippen molar-refractivity contribution in [3.8, 4) is 0 Å². The molecular weight excluding hydrogens is 436 g/mol. The third-order valence-electron chi connectivity index (χ3n) is 6.14. The van der Waals surface area contributed by atoms with Gasteiger partial charge in [0, 0.05) is 29.7 Å². The zero-order valence-corrected chi connectivity index (χ0v) is 23.0. The van der Waals surface area contributed by atoms with Gasteiger partial charge in [-0.25, -0.2) is 0 Å². The van der Waals surface area contributed by atoms with Gasteiger partial charge in [-0.3, -0.25) is 9.59 Å². The highest BCUT2D eigenvalue weighted by Crippen LogP contribution is 2.30. The predicted molar refractivity (Wildman–Crippen MR) is 147 cm³/mol. The summed E-state index contributed by atoms with van der Waals surface area (Å²) in [5.74, 6) is -0.523. The van der Waals surface area contributed by atoms with Crippen molar-refractivity contribution in [2.24, 2.45) is 11.1 Å². The molecule has 0 aliphatic carbocycles. The van der Waals surface area contributed by atoms with Crippen LogP contribution in [0.2, 0.25) is 0 Å². The standard InChI is InChI=1S/C29H42N4O2/c1-17-11-21(26(34)33-25-14-22(29(8,9)10)12-18(2)20(25)4)13-24(19(17)3)31-15-23(30)27(35)32-16-28(5,6)7/h11-15,31H,16,30H2,1-10H3,(H,32,35)(H,33,34)/b23-15-. The van der Waals surface area contributed by atoms with Crippen LogP contribution in [0, 0.1) is 33.1 Å². The van der Waals surface area contributed by atoms with Crippen molar-refractivity contribution in [3.63, 3.8) is 0 Å². The van der Waals surface area contributed by atoms with Crippen LogP contribution in [-0.2, 0) is 10.2 Å². The molecule has 0 heterocycles. The third kappa shape index (κ3) is 7.61. The van der Waals surface area contributed by atoms with Gasteiger partial charge in [-0.15, -0.1) is 0 Å². The lowest BCUT2D eigenvalue weighted by Gasteiger charge is -2.22. The summed E-state index contributed by atoms with van der Waals surface area (Å²) in [7, 11) is 0. The van der Waals surface area contributed by atoms with Crippen molar-refractivity contribution in [1.29, 1.82) is 0 Å². The molecule has 5 N–H and O–H groups in total. The zero-order chi connectivity index (χ0) is 26.7. The van der Waals surface area contributed by atoms with E-state index in [0.717, 1.165) is 33.6 Å². The summed E-state index contributed by atoms with van der Waals surface area (Å²) in [5.41, 5.74) is 13.3. The fourth-order valence-electron chi connectivity index (χ4n) is 3.43. The maximum atomic E-state index is 13.2. The number of aryl methyl sites for hydroxylation is 2. The summed E-state index contributed by atoms with van der Waals surface area (Å²) in [6, 6.07) is 7.89. The summed E-state index contributed by atoms with van der Waals surface area (Å²) < 4.78 is 0. The maximum Gasteiger partial charge on any atom is 0.268 e. The molecule has 0 atom stereocenters. The van der Waals surface area contributed by atoms with Crippen LogP contribution in [0.1, 0.15) is 79.7 Å². The van der Waals surface area contributed by atoms with E-state index in [1.165, 1.54) is 11.8 Å². The summed E-state index contributed by atoms with van der Waals surface area (Å²) >= 11 is 0. The average Bonchev–Trinajstić information content (AvgIpc) is 2.74. The first kappa shape index (κ1) is 28.0. The quantitative estimate of drug-likeness (QED) is 0.392. The Morgan fingerprint density at radius 1 is 0.857 bits per heavy atom. The van der Waals surface area contributed by atoms with Gasteiger partial charge in [-0.2, -0.15) is 0 Å². The molecule has 0 aliphatic rings. The molecule has 35 heavy (non-hydrogen) atoms. The Kier molecular flexibility index (Phi) is 8.43. The fraction of sp³-hybridized carbons (Fsp3) is 0.448. The Labute approximate surface area is 210 Å². The number of hydrogen-bond acceptors (Lipinski definition) is 4. The zero-order valence-electron chi connectivity index (χ0n) is 23.0. The van der Waals surface area contributed by atoms with Gasteiger partial charge in [0.1, 0.15) is 5.70 Å². The Bertz CT molecular complexity index is 1150. The molecule has 2 rings (SSSR count). The van der Waals surface area contributed by atoms with Gasteiger partial charge in [0.05, 0.1) is 0 Å². The molecule has 0 spiro atoms. The first-order valence-corrected chi connectivity index (χ1v) is 12.0. The van der Waals surface area contributed by atoms with Crippen LogP contribution in [-0.4, -0.2) is 18.4 Å². The largest absolute Gasteiger partial charge is 0.393 e. The minimum atomic E-state index is -0.333. The van der Waals surface area contributed by atoms with Gasteiger partial charge in [0.2, 0.25) is 0 Å². The molecular formula is C29H42N4O2. The molecule has 0 aromatic heterocycles. The van der Waals surface area contributed by atoms with Crippen molar-refractivity contribution < 1.29 is 9.59 Å². The van der Waals surface area contributed by atoms with E-state index in [0.29, 0.717) is 12.1 Å².